The number of likely N-dealkylation sites (N-methyl/N-ethyl adjacent to an activating group) is 1. The maximum absolute atomic E-state index is 13.6. The molecule has 6 amide bonds. The van der Waals surface area contributed by atoms with E-state index in [1.807, 2.05) is 0 Å². The van der Waals surface area contributed by atoms with Gasteiger partial charge in [0, 0.05) is 26.3 Å². The average Bonchev–Trinajstić information content (AvgIpc) is 3.13. The minimum Gasteiger partial charge on any atom is -0.508 e. The van der Waals surface area contributed by atoms with E-state index in [1.54, 1.807) is 72.8 Å². The van der Waals surface area contributed by atoms with Crippen molar-refractivity contribution >= 4 is 53.0 Å². The molecule has 3 rings (SSSR count). The first-order chi connectivity index (χ1) is 24.8. The molecule has 0 saturated heterocycles. The highest BCUT2D eigenvalue weighted by Gasteiger charge is 2.30. The van der Waals surface area contributed by atoms with Crippen LogP contribution in [0.2, 0.25) is 0 Å². The molecule has 0 heterocycles. The number of primary amides is 1. The van der Waals surface area contributed by atoms with E-state index in [-0.39, 0.29) is 43.2 Å². The summed E-state index contributed by atoms with van der Waals surface area (Å²) in [4.78, 5) is 78.8. The van der Waals surface area contributed by atoms with Crippen LogP contribution in [0.4, 0.5) is 4.79 Å². The smallest absolute Gasteiger partial charge is 0.408 e. The summed E-state index contributed by atoms with van der Waals surface area (Å²) in [5, 5.41) is 17.0. The Morgan fingerprint density at radius 2 is 1.35 bits per heavy atom. The summed E-state index contributed by atoms with van der Waals surface area (Å²) in [7, 11) is 1.38. The lowest BCUT2D eigenvalue weighted by Crippen LogP contribution is -2.57. The summed E-state index contributed by atoms with van der Waals surface area (Å²) in [6, 6.07) is 20.0. The Kier molecular flexibility index (Phi) is 15.8. The standard InChI is InChI=1S/C35H42N8O8S/c1-43(28(33(49)41-42-34(37)52)19-22-8-4-2-5-9-22)30(46)20-38-31(47)26(16-17-29(36)45)39-32(48)27(18-23-12-14-25(44)15-13-23)40-35(50)51-21-24-10-6-3-7-11-24/h2-15,26-28,44H,16-21H2,1H3,(H2,36,45)(H,38,47)(H,39,48)(H,40,50)(H,41,49)(H3,37,42,52)/t26-,27+,28+/m1/s1. The summed E-state index contributed by atoms with van der Waals surface area (Å²) < 4.78 is 5.29. The van der Waals surface area contributed by atoms with E-state index in [4.69, 9.17) is 28.4 Å². The van der Waals surface area contributed by atoms with E-state index in [0.29, 0.717) is 11.1 Å². The van der Waals surface area contributed by atoms with Gasteiger partial charge in [-0.15, -0.1) is 0 Å². The van der Waals surface area contributed by atoms with Crippen molar-refractivity contribution in [2.24, 2.45) is 11.5 Å². The van der Waals surface area contributed by atoms with Gasteiger partial charge in [0.15, 0.2) is 5.11 Å². The lowest BCUT2D eigenvalue weighted by molar-refractivity contribution is -0.139. The first-order valence-corrected chi connectivity index (χ1v) is 16.5. The highest BCUT2D eigenvalue weighted by Crippen LogP contribution is 2.13. The van der Waals surface area contributed by atoms with Crippen LogP contribution in [0.3, 0.4) is 0 Å². The number of nitrogens with two attached hydrogens (primary N) is 2. The van der Waals surface area contributed by atoms with Crippen LogP contribution in [-0.4, -0.2) is 82.5 Å². The van der Waals surface area contributed by atoms with E-state index in [9.17, 15) is 33.9 Å². The number of benzene rings is 3. The van der Waals surface area contributed by atoms with Crippen molar-refractivity contribution in [1.82, 2.24) is 31.7 Å². The summed E-state index contributed by atoms with van der Waals surface area (Å²) in [5.74, 6) is -3.67. The predicted octanol–water partition coefficient (Wildman–Crippen LogP) is 0.0303. The van der Waals surface area contributed by atoms with Gasteiger partial charge in [-0.25, -0.2) is 4.79 Å². The lowest BCUT2D eigenvalue weighted by Gasteiger charge is -2.28. The quantitative estimate of drug-likeness (QED) is 0.0679. The summed E-state index contributed by atoms with van der Waals surface area (Å²) in [6.07, 6.45) is -1.38. The average molecular weight is 735 g/mol. The first-order valence-electron chi connectivity index (χ1n) is 16.1. The zero-order chi connectivity index (χ0) is 38.0. The van der Waals surface area contributed by atoms with Crippen molar-refractivity contribution in [2.45, 2.75) is 50.4 Å². The van der Waals surface area contributed by atoms with Gasteiger partial charge in [-0.1, -0.05) is 72.8 Å². The molecule has 0 aliphatic heterocycles. The molecule has 10 N–H and O–H groups in total. The largest absolute Gasteiger partial charge is 0.508 e. The van der Waals surface area contributed by atoms with Gasteiger partial charge in [0.2, 0.25) is 23.6 Å². The monoisotopic (exact) mass is 734 g/mol. The van der Waals surface area contributed by atoms with E-state index in [0.717, 1.165) is 10.5 Å². The number of rotatable bonds is 17. The molecular weight excluding hydrogens is 693 g/mol. The molecule has 17 heteroatoms. The zero-order valence-electron chi connectivity index (χ0n) is 28.4. The van der Waals surface area contributed by atoms with Gasteiger partial charge in [-0.05, 0) is 47.5 Å². The number of ether oxygens (including phenoxy) is 1. The molecule has 3 atom stereocenters. The summed E-state index contributed by atoms with van der Waals surface area (Å²) >= 11 is 4.74. The highest BCUT2D eigenvalue weighted by atomic mass is 32.1. The number of thiocarbonyl (C=S) groups is 1. The van der Waals surface area contributed by atoms with Crippen molar-refractivity contribution in [3.05, 3.63) is 102 Å². The molecule has 16 nitrogen and oxygen atoms in total. The minimum atomic E-state index is -1.36. The molecule has 0 bridgehead atoms. The fourth-order valence-electron chi connectivity index (χ4n) is 4.85. The maximum Gasteiger partial charge on any atom is 0.408 e. The van der Waals surface area contributed by atoms with Crippen molar-refractivity contribution < 1.29 is 38.6 Å². The number of hydrazine groups is 1. The van der Waals surface area contributed by atoms with Crippen LogP contribution in [0, 0.1) is 0 Å². The van der Waals surface area contributed by atoms with Crippen LogP contribution in [0.1, 0.15) is 29.5 Å². The van der Waals surface area contributed by atoms with Crippen LogP contribution < -0.4 is 38.3 Å². The fraction of sp³-hybridized carbons (Fsp3) is 0.286. The normalized spacial score (nSPS) is 12.2. The number of nitrogens with one attached hydrogen (secondary N) is 5. The van der Waals surface area contributed by atoms with Gasteiger partial charge < -0.3 is 42.2 Å². The maximum atomic E-state index is 13.6. The number of hydrogen-bond acceptors (Lipinski definition) is 9. The molecule has 0 radical (unpaired) electrons. The number of amides is 6. The molecule has 0 aromatic heterocycles. The van der Waals surface area contributed by atoms with Crippen LogP contribution >= 0.6 is 12.2 Å². The third-order valence-electron chi connectivity index (χ3n) is 7.67. The van der Waals surface area contributed by atoms with Crippen LogP contribution in [-0.2, 0) is 48.2 Å². The van der Waals surface area contributed by atoms with E-state index < -0.39 is 60.3 Å². The van der Waals surface area contributed by atoms with Gasteiger partial charge in [0.25, 0.3) is 5.91 Å². The van der Waals surface area contributed by atoms with Gasteiger partial charge in [-0.3, -0.25) is 34.8 Å². The molecule has 3 aromatic rings. The Balaban J connectivity index is 1.72. The third-order valence-corrected chi connectivity index (χ3v) is 7.77. The number of hydrogen-bond donors (Lipinski definition) is 8. The zero-order valence-corrected chi connectivity index (χ0v) is 29.2. The number of carbonyl (C=O) groups is 6. The van der Waals surface area contributed by atoms with E-state index in [1.165, 1.54) is 19.2 Å². The van der Waals surface area contributed by atoms with Crippen LogP contribution in [0.5, 0.6) is 5.75 Å². The third kappa shape index (κ3) is 13.9. The second-order valence-corrected chi connectivity index (χ2v) is 12.0. The number of carbonyl (C=O) groups excluding carboxylic acids is 6. The Morgan fingerprint density at radius 1 is 0.750 bits per heavy atom. The number of phenols is 1. The molecule has 0 unspecified atom stereocenters. The first kappa shape index (κ1) is 40.2. The highest BCUT2D eigenvalue weighted by molar-refractivity contribution is 7.80. The summed E-state index contributed by atoms with van der Waals surface area (Å²) in [6.45, 7) is -0.655. The molecule has 3 aromatic carbocycles. The topological polar surface area (TPSA) is 247 Å². The molecule has 0 saturated carbocycles. The SMILES string of the molecule is CN(C(=O)CNC(=O)[C@@H](CCC(N)=O)NC(=O)[C@H](Cc1ccc(O)cc1)NC(=O)OCc1ccccc1)[C@@H](Cc1ccccc1)C(=O)NNC(N)=S. The van der Waals surface area contributed by atoms with Gasteiger partial charge >= 0.3 is 6.09 Å². The molecule has 276 valence electrons. The Hall–Kier alpha value is -6.23. The minimum absolute atomic E-state index is 0.00768. The molecule has 0 aliphatic rings. The molecule has 0 spiro atoms. The number of aromatic hydroxyl groups is 1. The molecule has 52 heavy (non-hydrogen) atoms. The van der Waals surface area contributed by atoms with Gasteiger partial charge in [0.05, 0.1) is 6.54 Å². The van der Waals surface area contributed by atoms with Crippen molar-refractivity contribution in [2.75, 3.05) is 13.6 Å². The molecular formula is C35H42N8O8S. The second kappa shape index (κ2) is 20.4. The van der Waals surface area contributed by atoms with E-state index >= 15 is 0 Å². The number of alkyl carbamates (subject to hydrolysis) is 1. The van der Waals surface area contributed by atoms with Crippen LogP contribution in [0.15, 0.2) is 84.9 Å². The van der Waals surface area contributed by atoms with Gasteiger partial charge in [0.1, 0.15) is 30.5 Å². The second-order valence-electron chi connectivity index (χ2n) is 11.6. The molecule has 0 fully saturated rings. The molecule has 0 aliphatic carbocycles. The lowest BCUT2D eigenvalue weighted by atomic mass is 10.0. The number of phenolic OH excluding ortho intramolecular Hbond substituents is 1. The van der Waals surface area contributed by atoms with Crippen molar-refractivity contribution in [1.29, 1.82) is 0 Å². The Labute approximate surface area is 305 Å². The Morgan fingerprint density at radius 3 is 1.94 bits per heavy atom. The van der Waals surface area contributed by atoms with Crippen molar-refractivity contribution in [3.63, 3.8) is 0 Å². The Bertz CT molecular complexity index is 1700. The fourth-order valence-corrected chi connectivity index (χ4v) is 4.90. The van der Waals surface area contributed by atoms with Crippen LogP contribution in [0.25, 0.3) is 0 Å². The van der Waals surface area contributed by atoms with Gasteiger partial charge in [-0.2, -0.15) is 0 Å². The predicted molar refractivity (Wildman–Crippen MR) is 193 cm³/mol. The number of nitrogens with zero attached hydrogens (tertiary/aromatic N) is 1. The van der Waals surface area contributed by atoms with Crippen molar-refractivity contribution in [3.8, 4) is 5.75 Å². The summed E-state index contributed by atoms with van der Waals surface area (Å²) in [5.41, 5.74) is 17.5. The van der Waals surface area contributed by atoms with E-state index in [2.05, 4.69) is 26.8 Å².